The van der Waals surface area contributed by atoms with Crippen LogP contribution in [0.2, 0.25) is 0 Å². The molecule has 1 aromatic rings. The maximum atomic E-state index is 14.2. The summed E-state index contributed by atoms with van der Waals surface area (Å²) < 4.78 is 20.4. The predicted octanol–water partition coefficient (Wildman–Crippen LogP) is 4.36. The number of hydrogen-bond acceptors (Lipinski definition) is 2. The monoisotopic (exact) mass is 330 g/mol. The van der Waals surface area contributed by atoms with Crippen molar-refractivity contribution in [1.82, 2.24) is 0 Å². The van der Waals surface area contributed by atoms with E-state index in [-0.39, 0.29) is 5.82 Å². The van der Waals surface area contributed by atoms with Gasteiger partial charge in [0.05, 0.1) is 10.1 Å². The molecule has 0 aromatic heterocycles. The second kappa shape index (κ2) is 6.33. The quantitative estimate of drug-likeness (QED) is 0.888. The van der Waals surface area contributed by atoms with Crippen molar-refractivity contribution in [3.05, 3.63) is 34.1 Å². The number of rotatable bonds is 4. The van der Waals surface area contributed by atoms with E-state index in [9.17, 15) is 9.50 Å². The van der Waals surface area contributed by atoms with Gasteiger partial charge in [-0.25, -0.2) is 4.39 Å². The number of hydrogen-bond donors (Lipinski definition) is 1. The van der Waals surface area contributed by atoms with E-state index in [0.717, 1.165) is 32.1 Å². The first-order valence-electron chi connectivity index (χ1n) is 6.86. The molecule has 1 saturated carbocycles. The number of halogens is 2. The van der Waals surface area contributed by atoms with Gasteiger partial charge in [-0.1, -0.05) is 31.4 Å². The van der Waals surface area contributed by atoms with Crippen molar-refractivity contribution >= 4 is 15.9 Å². The molecule has 0 radical (unpaired) electrons. The summed E-state index contributed by atoms with van der Waals surface area (Å²) in [5.74, 6) is -0.389. The molecule has 0 bridgehead atoms. The Balaban J connectivity index is 2.33. The van der Waals surface area contributed by atoms with Gasteiger partial charge in [0.25, 0.3) is 0 Å². The van der Waals surface area contributed by atoms with Gasteiger partial charge in [0.2, 0.25) is 0 Å². The Bertz CT molecular complexity index is 425. The molecule has 1 atom stereocenters. The Kier molecular flexibility index (Phi) is 4.98. The van der Waals surface area contributed by atoms with Crippen molar-refractivity contribution in [1.29, 1.82) is 0 Å². The molecule has 2 rings (SSSR count). The molecule has 1 unspecified atom stereocenters. The van der Waals surface area contributed by atoms with Crippen LogP contribution in [0, 0.1) is 5.82 Å². The third kappa shape index (κ3) is 3.01. The van der Waals surface area contributed by atoms with Crippen LogP contribution in [0.4, 0.5) is 4.39 Å². The van der Waals surface area contributed by atoms with E-state index in [4.69, 9.17) is 4.74 Å². The second-order valence-corrected chi connectivity index (χ2v) is 5.96. The van der Waals surface area contributed by atoms with Crippen LogP contribution in [-0.2, 0) is 4.74 Å². The number of ether oxygens (including phenoxy) is 1. The average Bonchev–Trinajstić information content (AvgIpc) is 2.42. The normalized spacial score (nSPS) is 20.2. The van der Waals surface area contributed by atoms with Crippen LogP contribution < -0.4 is 0 Å². The molecule has 1 fully saturated rings. The van der Waals surface area contributed by atoms with Crippen molar-refractivity contribution in [3.8, 4) is 0 Å². The van der Waals surface area contributed by atoms with Crippen molar-refractivity contribution in [3.63, 3.8) is 0 Å². The molecule has 0 amide bonds. The Hall–Kier alpha value is -0.450. The zero-order chi connectivity index (χ0) is 13.9. The van der Waals surface area contributed by atoms with Gasteiger partial charge in [0.1, 0.15) is 11.9 Å². The molecule has 0 spiro atoms. The minimum absolute atomic E-state index is 0.324. The third-order valence-corrected chi connectivity index (χ3v) is 4.52. The maximum absolute atomic E-state index is 14.2. The van der Waals surface area contributed by atoms with E-state index in [2.05, 4.69) is 15.9 Å². The van der Waals surface area contributed by atoms with Crippen LogP contribution in [0.1, 0.15) is 50.7 Å². The smallest absolute Gasteiger partial charge is 0.143 e. The van der Waals surface area contributed by atoms with Crippen LogP contribution in [0.25, 0.3) is 0 Å². The minimum Gasteiger partial charge on any atom is -0.385 e. The van der Waals surface area contributed by atoms with E-state index in [1.54, 1.807) is 18.2 Å². The average molecular weight is 331 g/mol. The molecule has 0 heterocycles. The third-order valence-electron chi connectivity index (χ3n) is 3.91. The molecule has 1 aliphatic rings. The van der Waals surface area contributed by atoms with Crippen molar-refractivity contribution in [2.45, 2.75) is 50.7 Å². The van der Waals surface area contributed by atoms with Crippen molar-refractivity contribution in [2.24, 2.45) is 0 Å². The van der Waals surface area contributed by atoms with Gasteiger partial charge in [-0.15, -0.1) is 0 Å². The van der Waals surface area contributed by atoms with Crippen LogP contribution in [0.15, 0.2) is 22.7 Å². The minimum atomic E-state index is -0.912. The molecule has 2 nitrogen and oxygen atoms in total. The van der Waals surface area contributed by atoms with E-state index in [1.807, 2.05) is 6.92 Å². The summed E-state index contributed by atoms with van der Waals surface area (Å²) in [7, 11) is 0. The highest BCUT2D eigenvalue weighted by Crippen LogP contribution is 2.42. The van der Waals surface area contributed by atoms with Crippen molar-refractivity contribution in [2.75, 3.05) is 6.61 Å². The molecule has 4 heteroatoms. The van der Waals surface area contributed by atoms with Crippen molar-refractivity contribution < 1.29 is 14.2 Å². The van der Waals surface area contributed by atoms with Crippen LogP contribution in [-0.4, -0.2) is 17.3 Å². The molecule has 0 saturated heterocycles. The molecule has 106 valence electrons. The van der Waals surface area contributed by atoms with Gasteiger partial charge >= 0.3 is 0 Å². The number of aliphatic hydroxyl groups is 1. The Morgan fingerprint density at radius 2 is 2.05 bits per heavy atom. The topological polar surface area (TPSA) is 29.5 Å². The molecule has 1 aliphatic carbocycles. The molecule has 1 aromatic carbocycles. The molecular formula is C15H20BrFO2. The first kappa shape index (κ1) is 14.9. The van der Waals surface area contributed by atoms with Gasteiger partial charge in [0.15, 0.2) is 0 Å². The lowest BCUT2D eigenvalue weighted by Gasteiger charge is -2.41. The van der Waals surface area contributed by atoms with Gasteiger partial charge < -0.3 is 9.84 Å². The summed E-state index contributed by atoms with van der Waals surface area (Å²) in [6.45, 7) is 2.45. The molecule has 1 N–H and O–H groups in total. The predicted molar refractivity (Wildman–Crippen MR) is 76.5 cm³/mol. The summed E-state index contributed by atoms with van der Waals surface area (Å²) in [5, 5.41) is 10.6. The SMILES string of the molecule is CCOC1(C(O)c2cccc(Br)c2F)CCCCC1. The van der Waals surface area contributed by atoms with E-state index in [1.165, 1.54) is 0 Å². The number of benzene rings is 1. The van der Waals surface area contributed by atoms with E-state index in [0.29, 0.717) is 16.6 Å². The Morgan fingerprint density at radius 3 is 2.68 bits per heavy atom. The number of aliphatic hydroxyl groups excluding tert-OH is 1. The standard InChI is InChI=1S/C15H20BrFO2/c1-2-19-15(9-4-3-5-10-15)14(18)11-7-6-8-12(16)13(11)17/h6-8,14,18H,2-5,9-10H2,1H3. The van der Waals surface area contributed by atoms with Crippen LogP contribution in [0.5, 0.6) is 0 Å². The Morgan fingerprint density at radius 1 is 1.37 bits per heavy atom. The highest BCUT2D eigenvalue weighted by Gasteiger charge is 2.41. The molecule has 19 heavy (non-hydrogen) atoms. The lowest BCUT2D eigenvalue weighted by Crippen LogP contribution is -2.41. The van der Waals surface area contributed by atoms with Crippen LogP contribution >= 0.6 is 15.9 Å². The fourth-order valence-electron chi connectivity index (χ4n) is 2.95. The highest BCUT2D eigenvalue weighted by molar-refractivity contribution is 9.10. The lowest BCUT2D eigenvalue weighted by atomic mass is 9.78. The summed E-state index contributed by atoms with van der Waals surface area (Å²) >= 11 is 3.17. The summed E-state index contributed by atoms with van der Waals surface area (Å²) in [6.07, 6.45) is 3.86. The highest BCUT2D eigenvalue weighted by atomic mass is 79.9. The summed E-state index contributed by atoms with van der Waals surface area (Å²) in [4.78, 5) is 0. The largest absolute Gasteiger partial charge is 0.385 e. The summed E-state index contributed by atoms with van der Waals surface area (Å²) in [5.41, 5.74) is -0.307. The molecule has 0 aliphatic heterocycles. The van der Waals surface area contributed by atoms with Gasteiger partial charge in [-0.05, 0) is 41.8 Å². The first-order chi connectivity index (χ1) is 9.10. The van der Waals surface area contributed by atoms with Gasteiger partial charge in [-0.3, -0.25) is 0 Å². The second-order valence-electron chi connectivity index (χ2n) is 5.10. The first-order valence-corrected chi connectivity index (χ1v) is 7.66. The zero-order valence-electron chi connectivity index (χ0n) is 11.2. The maximum Gasteiger partial charge on any atom is 0.143 e. The molecular weight excluding hydrogens is 311 g/mol. The van der Waals surface area contributed by atoms with E-state index >= 15 is 0 Å². The zero-order valence-corrected chi connectivity index (χ0v) is 12.7. The fraction of sp³-hybridized carbons (Fsp3) is 0.600. The summed E-state index contributed by atoms with van der Waals surface area (Å²) in [6, 6.07) is 5.02. The van der Waals surface area contributed by atoms with Gasteiger partial charge in [0, 0.05) is 12.2 Å². The fourth-order valence-corrected chi connectivity index (χ4v) is 3.33. The lowest BCUT2D eigenvalue weighted by molar-refractivity contribution is -0.142. The Labute approximate surface area is 122 Å². The van der Waals surface area contributed by atoms with Gasteiger partial charge in [-0.2, -0.15) is 0 Å². The van der Waals surface area contributed by atoms with Crippen LogP contribution in [0.3, 0.4) is 0 Å². The van der Waals surface area contributed by atoms with E-state index < -0.39 is 11.7 Å².